The summed E-state index contributed by atoms with van der Waals surface area (Å²) in [6.07, 6.45) is 2.58. The molecule has 1 heterocycles. The molecule has 0 aliphatic carbocycles. The van der Waals surface area contributed by atoms with Crippen LogP contribution in [0.5, 0.6) is 0 Å². The molecule has 0 aliphatic rings. The Balaban J connectivity index is 1.86. The molecule has 23 heavy (non-hydrogen) atoms. The quantitative estimate of drug-likeness (QED) is 0.771. The lowest BCUT2D eigenvalue weighted by molar-refractivity contribution is -0.130. The molecule has 0 aliphatic heterocycles. The molecule has 2 rings (SSSR count). The van der Waals surface area contributed by atoms with E-state index in [9.17, 15) is 14.0 Å². The van der Waals surface area contributed by atoms with Gasteiger partial charge in [-0.2, -0.15) is 0 Å². The molecule has 5 nitrogen and oxygen atoms in total. The predicted molar refractivity (Wildman–Crippen MR) is 87.8 cm³/mol. The average molecular weight is 319 g/mol. The second-order valence-corrected chi connectivity index (χ2v) is 5.32. The number of nitrogens with one attached hydrogen (secondary N) is 2. The highest BCUT2D eigenvalue weighted by molar-refractivity contribution is 6.06. The number of nitrogens with zero attached hydrogens (tertiary/aromatic N) is 1. The first-order valence-corrected chi connectivity index (χ1v) is 7.89. The standard InChI is InChI=1S/C17H22FN3O2/c1-3-21(4-2)16(22)6-5-9-19-17(23)14-11-20-15-10-12(18)7-8-13(14)15/h7-8,10-11,20H,3-6,9H2,1-2H3,(H,19,23). The summed E-state index contributed by atoms with van der Waals surface area (Å²) in [7, 11) is 0. The van der Waals surface area contributed by atoms with Crippen LogP contribution in [0.25, 0.3) is 10.9 Å². The van der Waals surface area contributed by atoms with E-state index >= 15 is 0 Å². The number of aromatic nitrogens is 1. The van der Waals surface area contributed by atoms with Crippen LogP contribution >= 0.6 is 0 Å². The van der Waals surface area contributed by atoms with Gasteiger partial charge in [0.1, 0.15) is 5.82 Å². The van der Waals surface area contributed by atoms with E-state index in [2.05, 4.69) is 10.3 Å². The normalized spacial score (nSPS) is 10.7. The molecule has 0 unspecified atom stereocenters. The molecule has 0 saturated carbocycles. The van der Waals surface area contributed by atoms with Gasteiger partial charge in [-0.05, 0) is 38.5 Å². The lowest BCUT2D eigenvalue weighted by atomic mass is 10.1. The Morgan fingerprint density at radius 2 is 2.00 bits per heavy atom. The van der Waals surface area contributed by atoms with Gasteiger partial charge in [0.25, 0.3) is 5.91 Å². The van der Waals surface area contributed by atoms with E-state index < -0.39 is 0 Å². The fourth-order valence-corrected chi connectivity index (χ4v) is 2.56. The SMILES string of the molecule is CCN(CC)C(=O)CCCNC(=O)c1c[nH]c2cc(F)ccc12. The molecule has 0 fully saturated rings. The van der Waals surface area contributed by atoms with Gasteiger partial charge in [0, 0.05) is 43.2 Å². The van der Waals surface area contributed by atoms with Crippen molar-refractivity contribution in [2.24, 2.45) is 0 Å². The summed E-state index contributed by atoms with van der Waals surface area (Å²) in [6.45, 7) is 5.73. The van der Waals surface area contributed by atoms with Gasteiger partial charge in [-0.1, -0.05) is 0 Å². The van der Waals surface area contributed by atoms with Crippen LogP contribution in [0.4, 0.5) is 4.39 Å². The summed E-state index contributed by atoms with van der Waals surface area (Å²) in [5.74, 6) is -0.466. The Morgan fingerprint density at radius 3 is 2.70 bits per heavy atom. The summed E-state index contributed by atoms with van der Waals surface area (Å²) in [6, 6.07) is 4.27. The van der Waals surface area contributed by atoms with Crippen LogP contribution in [0.15, 0.2) is 24.4 Å². The van der Waals surface area contributed by atoms with Crippen molar-refractivity contribution in [1.82, 2.24) is 15.2 Å². The monoisotopic (exact) mass is 319 g/mol. The summed E-state index contributed by atoms with van der Waals surface area (Å²) in [4.78, 5) is 28.7. The first kappa shape index (κ1) is 17.0. The smallest absolute Gasteiger partial charge is 0.253 e. The number of halogens is 1. The first-order chi connectivity index (χ1) is 11.1. The van der Waals surface area contributed by atoms with Crippen molar-refractivity contribution in [2.45, 2.75) is 26.7 Å². The van der Waals surface area contributed by atoms with E-state index in [1.54, 1.807) is 17.2 Å². The van der Waals surface area contributed by atoms with Crippen molar-refractivity contribution in [3.05, 3.63) is 35.8 Å². The number of carbonyl (C=O) groups excluding carboxylic acids is 2. The van der Waals surface area contributed by atoms with Crippen LogP contribution in [-0.4, -0.2) is 41.3 Å². The Kier molecular flexibility index (Phi) is 5.73. The third-order valence-electron chi connectivity index (χ3n) is 3.86. The molecule has 2 N–H and O–H groups in total. The van der Waals surface area contributed by atoms with Gasteiger partial charge in [-0.3, -0.25) is 9.59 Å². The van der Waals surface area contributed by atoms with Gasteiger partial charge in [0.15, 0.2) is 0 Å². The number of rotatable bonds is 7. The maximum atomic E-state index is 13.1. The number of aromatic amines is 1. The molecule has 1 aromatic carbocycles. The minimum absolute atomic E-state index is 0.104. The van der Waals surface area contributed by atoms with Gasteiger partial charge in [-0.15, -0.1) is 0 Å². The Bertz CT molecular complexity index is 692. The zero-order valence-electron chi connectivity index (χ0n) is 13.5. The number of benzene rings is 1. The summed E-state index contributed by atoms with van der Waals surface area (Å²) in [5.41, 5.74) is 1.07. The van der Waals surface area contributed by atoms with Crippen molar-refractivity contribution in [3.63, 3.8) is 0 Å². The lowest BCUT2D eigenvalue weighted by Crippen LogP contribution is -2.31. The second-order valence-electron chi connectivity index (χ2n) is 5.32. The second kappa shape index (κ2) is 7.76. The highest BCUT2D eigenvalue weighted by Crippen LogP contribution is 2.19. The molecule has 2 amide bonds. The van der Waals surface area contributed by atoms with E-state index in [0.717, 1.165) is 0 Å². The molecule has 124 valence electrons. The fraction of sp³-hybridized carbons (Fsp3) is 0.412. The zero-order valence-corrected chi connectivity index (χ0v) is 13.5. The van der Waals surface area contributed by atoms with Crippen LogP contribution in [0.3, 0.4) is 0 Å². The van der Waals surface area contributed by atoms with Crippen LogP contribution in [0, 0.1) is 5.82 Å². The number of amides is 2. The molecular formula is C17H22FN3O2. The number of hydrogen-bond acceptors (Lipinski definition) is 2. The third kappa shape index (κ3) is 4.09. The molecule has 0 saturated heterocycles. The van der Waals surface area contributed by atoms with Gasteiger partial charge in [0.2, 0.25) is 5.91 Å². The summed E-state index contributed by atoms with van der Waals surface area (Å²) >= 11 is 0. The molecule has 2 aromatic rings. The van der Waals surface area contributed by atoms with Crippen LogP contribution in [-0.2, 0) is 4.79 Å². The Morgan fingerprint density at radius 1 is 1.26 bits per heavy atom. The van der Waals surface area contributed by atoms with E-state index in [-0.39, 0.29) is 17.6 Å². The molecule has 0 atom stereocenters. The molecule has 0 spiro atoms. The molecule has 1 aromatic heterocycles. The lowest BCUT2D eigenvalue weighted by Gasteiger charge is -2.18. The Labute approximate surface area is 134 Å². The third-order valence-corrected chi connectivity index (χ3v) is 3.86. The molecule has 0 bridgehead atoms. The van der Waals surface area contributed by atoms with Gasteiger partial charge in [-0.25, -0.2) is 4.39 Å². The topological polar surface area (TPSA) is 65.2 Å². The minimum Gasteiger partial charge on any atom is -0.360 e. The summed E-state index contributed by atoms with van der Waals surface area (Å²) < 4.78 is 13.1. The van der Waals surface area contributed by atoms with Crippen molar-refractivity contribution >= 4 is 22.7 Å². The number of fused-ring (bicyclic) bond motifs is 1. The van der Waals surface area contributed by atoms with E-state index in [4.69, 9.17) is 0 Å². The maximum absolute atomic E-state index is 13.1. The van der Waals surface area contributed by atoms with E-state index in [1.807, 2.05) is 13.8 Å². The van der Waals surface area contributed by atoms with Crippen LogP contribution in [0.2, 0.25) is 0 Å². The highest BCUT2D eigenvalue weighted by Gasteiger charge is 2.13. The van der Waals surface area contributed by atoms with Gasteiger partial charge >= 0.3 is 0 Å². The molecule has 0 radical (unpaired) electrons. The van der Waals surface area contributed by atoms with E-state index in [0.29, 0.717) is 48.9 Å². The van der Waals surface area contributed by atoms with Crippen LogP contribution < -0.4 is 5.32 Å². The first-order valence-electron chi connectivity index (χ1n) is 7.89. The van der Waals surface area contributed by atoms with Crippen LogP contribution in [0.1, 0.15) is 37.0 Å². The van der Waals surface area contributed by atoms with Crippen molar-refractivity contribution < 1.29 is 14.0 Å². The van der Waals surface area contributed by atoms with Crippen molar-refractivity contribution in [3.8, 4) is 0 Å². The number of hydrogen-bond donors (Lipinski definition) is 2. The maximum Gasteiger partial charge on any atom is 0.253 e. The predicted octanol–water partition coefficient (Wildman–Crippen LogP) is 2.69. The summed E-state index contributed by atoms with van der Waals surface area (Å²) in [5, 5.41) is 3.48. The van der Waals surface area contributed by atoms with Gasteiger partial charge in [0.05, 0.1) is 5.56 Å². The Hall–Kier alpha value is -2.37. The zero-order chi connectivity index (χ0) is 16.8. The minimum atomic E-state index is -0.346. The van der Waals surface area contributed by atoms with Crippen molar-refractivity contribution in [2.75, 3.05) is 19.6 Å². The van der Waals surface area contributed by atoms with E-state index in [1.165, 1.54) is 12.1 Å². The number of H-pyrrole nitrogens is 1. The number of carbonyl (C=O) groups is 2. The average Bonchev–Trinajstić information content (AvgIpc) is 2.95. The van der Waals surface area contributed by atoms with Gasteiger partial charge < -0.3 is 15.2 Å². The molecule has 6 heteroatoms. The largest absolute Gasteiger partial charge is 0.360 e. The molecular weight excluding hydrogens is 297 g/mol. The highest BCUT2D eigenvalue weighted by atomic mass is 19.1. The van der Waals surface area contributed by atoms with Crippen molar-refractivity contribution in [1.29, 1.82) is 0 Å². The fourth-order valence-electron chi connectivity index (χ4n) is 2.56.